The van der Waals surface area contributed by atoms with Gasteiger partial charge in [0.25, 0.3) is 0 Å². The van der Waals surface area contributed by atoms with E-state index in [0.29, 0.717) is 13.0 Å². The third kappa shape index (κ3) is 4.09. The van der Waals surface area contributed by atoms with Crippen molar-refractivity contribution in [3.05, 3.63) is 77.8 Å². The van der Waals surface area contributed by atoms with E-state index < -0.39 is 6.04 Å². The summed E-state index contributed by atoms with van der Waals surface area (Å²) >= 11 is 1.57. The Morgan fingerprint density at radius 1 is 1.18 bits per heavy atom. The number of tetrazole rings is 1. The Morgan fingerprint density at radius 3 is 2.82 bits per heavy atom. The molecule has 8 nitrogen and oxygen atoms in total. The first-order chi connectivity index (χ1) is 13.8. The van der Waals surface area contributed by atoms with E-state index in [2.05, 4.69) is 30.8 Å². The zero-order valence-corrected chi connectivity index (χ0v) is 15.7. The van der Waals surface area contributed by atoms with Crippen LogP contribution in [-0.2, 0) is 11.2 Å². The third-order valence-electron chi connectivity index (χ3n) is 4.13. The van der Waals surface area contributed by atoms with Crippen LogP contribution in [0.5, 0.6) is 0 Å². The van der Waals surface area contributed by atoms with E-state index in [9.17, 15) is 4.79 Å². The second-order valence-corrected chi connectivity index (χ2v) is 6.89. The van der Waals surface area contributed by atoms with Crippen molar-refractivity contribution in [2.75, 3.05) is 6.54 Å². The van der Waals surface area contributed by atoms with E-state index in [1.165, 1.54) is 11.0 Å². The summed E-state index contributed by atoms with van der Waals surface area (Å²) in [5, 5.41) is 17.1. The lowest BCUT2D eigenvalue weighted by Gasteiger charge is -2.16. The molecular formula is C19H17N7OS. The van der Waals surface area contributed by atoms with Crippen LogP contribution in [0.2, 0.25) is 0 Å². The van der Waals surface area contributed by atoms with Crippen molar-refractivity contribution >= 4 is 17.2 Å². The molecule has 3 aromatic heterocycles. The highest BCUT2D eigenvalue weighted by molar-refractivity contribution is 7.13. The van der Waals surface area contributed by atoms with Crippen LogP contribution in [-0.4, -0.2) is 42.6 Å². The topological polar surface area (TPSA) is 98.5 Å². The zero-order valence-electron chi connectivity index (χ0n) is 14.8. The molecule has 0 saturated heterocycles. The summed E-state index contributed by atoms with van der Waals surface area (Å²) in [4.78, 5) is 21.5. The van der Waals surface area contributed by atoms with Gasteiger partial charge in [-0.3, -0.25) is 9.78 Å². The molecule has 1 N–H and O–H groups in total. The summed E-state index contributed by atoms with van der Waals surface area (Å²) in [6.45, 7) is 0.473. The first-order valence-corrected chi connectivity index (χ1v) is 9.59. The lowest BCUT2D eigenvalue weighted by molar-refractivity contribution is -0.123. The first kappa shape index (κ1) is 17.9. The summed E-state index contributed by atoms with van der Waals surface area (Å²) in [6, 6.07) is 12.7. The second-order valence-electron chi connectivity index (χ2n) is 6.03. The Kier molecular flexibility index (Phi) is 5.43. The van der Waals surface area contributed by atoms with Gasteiger partial charge in [-0.05, 0) is 28.1 Å². The number of aromatic nitrogens is 6. The normalized spacial score (nSPS) is 11.9. The quantitative estimate of drug-likeness (QED) is 0.518. The molecular weight excluding hydrogens is 374 g/mol. The number of nitrogens with one attached hydrogen (secondary N) is 1. The number of rotatable bonds is 7. The van der Waals surface area contributed by atoms with Gasteiger partial charge in [0, 0.05) is 36.3 Å². The van der Waals surface area contributed by atoms with E-state index >= 15 is 0 Å². The number of thiazole rings is 1. The molecule has 4 rings (SSSR count). The van der Waals surface area contributed by atoms with Crippen molar-refractivity contribution < 1.29 is 4.79 Å². The number of nitrogens with zero attached hydrogens (tertiary/aromatic N) is 6. The Balaban J connectivity index is 1.40. The summed E-state index contributed by atoms with van der Waals surface area (Å²) in [6.07, 6.45) is 5.61. The molecule has 0 aliphatic heterocycles. The molecule has 1 unspecified atom stereocenters. The lowest BCUT2D eigenvalue weighted by Crippen LogP contribution is -2.35. The number of hydrogen-bond acceptors (Lipinski definition) is 7. The minimum atomic E-state index is -0.613. The van der Waals surface area contributed by atoms with Crippen molar-refractivity contribution in [3.63, 3.8) is 0 Å². The molecule has 0 saturated carbocycles. The monoisotopic (exact) mass is 391 g/mol. The predicted molar refractivity (Wildman–Crippen MR) is 104 cm³/mol. The molecule has 4 aromatic rings. The van der Waals surface area contributed by atoms with Crippen molar-refractivity contribution in [1.82, 2.24) is 35.5 Å². The molecule has 0 radical (unpaired) electrons. The van der Waals surface area contributed by atoms with Gasteiger partial charge in [-0.25, -0.2) is 9.67 Å². The molecule has 1 aromatic carbocycles. The van der Waals surface area contributed by atoms with Crippen molar-refractivity contribution in [3.8, 4) is 10.6 Å². The molecule has 0 aliphatic carbocycles. The highest BCUT2D eigenvalue weighted by atomic mass is 32.1. The van der Waals surface area contributed by atoms with Gasteiger partial charge >= 0.3 is 0 Å². The van der Waals surface area contributed by atoms with E-state index in [1.54, 1.807) is 23.7 Å². The minimum Gasteiger partial charge on any atom is -0.354 e. The number of carbonyl (C=O) groups is 1. The molecule has 140 valence electrons. The van der Waals surface area contributed by atoms with Crippen LogP contribution in [0.1, 0.15) is 17.3 Å². The molecule has 0 spiro atoms. The molecule has 0 fully saturated rings. The highest BCUT2D eigenvalue weighted by Crippen LogP contribution is 2.22. The van der Waals surface area contributed by atoms with Crippen molar-refractivity contribution in [2.24, 2.45) is 0 Å². The van der Waals surface area contributed by atoms with Gasteiger partial charge in [-0.15, -0.1) is 16.4 Å². The molecule has 0 aliphatic rings. The largest absolute Gasteiger partial charge is 0.354 e. The predicted octanol–water partition coefficient (Wildman–Crippen LogP) is 2.14. The minimum absolute atomic E-state index is 0.166. The fraction of sp³-hybridized carbons (Fsp3) is 0.158. The molecule has 28 heavy (non-hydrogen) atoms. The summed E-state index contributed by atoms with van der Waals surface area (Å²) in [5.74, 6) is -0.166. The van der Waals surface area contributed by atoms with Gasteiger partial charge in [-0.2, -0.15) is 0 Å². The van der Waals surface area contributed by atoms with Gasteiger partial charge in [-0.1, -0.05) is 30.3 Å². The average molecular weight is 391 g/mol. The first-order valence-electron chi connectivity index (χ1n) is 8.71. The average Bonchev–Trinajstić information content (AvgIpc) is 3.42. The maximum atomic E-state index is 12.8. The van der Waals surface area contributed by atoms with Gasteiger partial charge < -0.3 is 5.32 Å². The SMILES string of the molecule is O=C(NCCc1csc(-c2cccnc2)n1)C(c1ccccc1)n1cnnn1. The van der Waals surface area contributed by atoms with Crippen LogP contribution >= 0.6 is 11.3 Å². The van der Waals surface area contributed by atoms with Crippen LogP contribution in [0, 0.1) is 0 Å². The van der Waals surface area contributed by atoms with E-state index in [0.717, 1.165) is 21.8 Å². The van der Waals surface area contributed by atoms with E-state index in [1.807, 2.05) is 47.8 Å². The number of pyridine rings is 1. The van der Waals surface area contributed by atoms with Crippen LogP contribution in [0.15, 0.2) is 66.6 Å². The number of hydrogen-bond donors (Lipinski definition) is 1. The molecule has 1 amide bonds. The zero-order chi connectivity index (χ0) is 19.2. The van der Waals surface area contributed by atoms with Gasteiger partial charge in [0.2, 0.25) is 5.91 Å². The highest BCUT2D eigenvalue weighted by Gasteiger charge is 2.23. The van der Waals surface area contributed by atoms with Gasteiger partial charge in [0.1, 0.15) is 11.3 Å². The van der Waals surface area contributed by atoms with E-state index in [-0.39, 0.29) is 5.91 Å². The summed E-state index contributed by atoms with van der Waals surface area (Å²) in [7, 11) is 0. The lowest BCUT2D eigenvalue weighted by atomic mass is 10.1. The standard InChI is InChI=1S/C19H17N7OS/c27-18(17(26-13-22-24-25-26)14-5-2-1-3-6-14)21-10-8-16-12-28-19(23-16)15-7-4-9-20-11-15/h1-7,9,11-13,17H,8,10H2,(H,21,27). The Morgan fingerprint density at radius 2 is 2.07 bits per heavy atom. The summed E-state index contributed by atoms with van der Waals surface area (Å²) in [5.41, 5.74) is 2.74. The molecule has 3 heterocycles. The van der Waals surface area contributed by atoms with E-state index in [4.69, 9.17) is 0 Å². The summed E-state index contributed by atoms with van der Waals surface area (Å²) < 4.78 is 1.45. The van der Waals surface area contributed by atoms with Crippen LogP contribution in [0.25, 0.3) is 10.6 Å². The third-order valence-corrected chi connectivity index (χ3v) is 5.07. The number of carbonyl (C=O) groups excluding carboxylic acids is 1. The van der Waals surface area contributed by atoms with Crippen molar-refractivity contribution in [1.29, 1.82) is 0 Å². The number of amides is 1. The fourth-order valence-corrected chi connectivity index (χ4v) is 3.65. The van der Waals surface area contributed by atoms with Crippen molar-refractivity contribution in [2.45, 2.75) is 12.5 Å². The van der Waals surface area contributed by atoms with Gasteiger partial charge in [0.15, 0.2) is 6.04 Å². The number of benzene rings is 1. The maximum Gasteiger partial charge on any atom is 0.249 e. The Labute approximate surface area is 165 Å². The Bertz CT molecular complexity index is 1020. The fourth-order valence-electron chi connectivity index (χ4n) is 2.80. The molecule has 0 bridgehead atoms. The molecule has 9 heteroatoms. The van der Waals surface area contributed by atoms with Gasteiger partial charge in [0.05, 0.1) is 5.69 Å². The van der Waals surface area contributed by atoms with Crippen LogP contribution in [0.4, 0.5) is 0 Å². The molecule has 1 atom stereocenters. The Hall–Kier alpha value is -3.46. The van der Waals surface area contributed by atoms with Crippen LogP contribution < -0.4 is 5.32 Å². The van der Waals surface area contributed by atoms with Crippen LogP contribution in [0.3, 0.4) is 0 Å². The maximum absolute atomic E-state index is 12.8. The second kappa shape index (κ2) is 8.49. The smallest absolute Gasteiger partial charge is 0.249 e.